The Balaban J connectivity index is 1.90. The molecular formula is C14H13NO3. The first-order valence-corrected chi connectivity index (χ1v) is 5.80. The van der Waals surface area contributed by atoms with E-state index < -0.39 is 6.23 Å². The van der Waals surface area contributed by atoms with Crippen molar-refractivity contribution in [2.75, 3.05) is 0 Å². The predicted octanol–water partition coefficient (Wildman–Crippen LogP) is 2.23. The number of hydrogen-bond acceptors (Lipinski definition) is 3. The molecule has 1 aromatic carbocycles. The van der Waals surface area contributed by atoms with E-state index in [0.717, 1.165) is 5.76 Å². The third-order valence-corrected chi connectivity index (χ3v) is 3.15. The highest BCUT2D eigenvalue weighted by atomic mass is 16.3. The number of amides is 1. The summed E-state index contributed by atoms with van der Waals surface area (Å²) in [7, 11) is 0. The van der Waals surface area contributed by atoms with Crippen LogP contribution in [0, 0.1) is 6.92 Å². The molecule has 2 aromatic rings. The second-order valence-corrected chi connectivity index (χ2v) is 4.41. The van der Waals surface area contributed by atoms with Gasteiger partial charge in [0.05, 0.1) is 6.54 Å². The highest BCUT2D eigenvalue weighted by molar-refractivity contribution is 5.98. The van der Waals surface area contributed by atoms with Gasteiger partial charge in [0.2, 0.25) is 0 Å². The number of fused-ring (bicyclic) bond motifs is 1. The molecule has 1 amide bonds. The fourth-order valence-corrected chi connectivity index (χ4v) is 2.25. The van der Waals surface area contributed by atoms with Gasteiger partial charge in [-0.3, -0.25) is 4.79 Å². The molecule has 1 N–H and O–H groups in total. The van der Waals surface area contributed by atoms with Crippen LogP contribution in [-0.2, 0) is 6.54 Å². The first kappa shape index (κ1) is 11.0. The Kier molecular flexibility index (Phi) is 2.45. The van der Waals surface area contributed by atoms with Crippen LogP contribution < -0.4 is 0 Å². The second-order valence-electron chi connectivity index (χ2n) is 4.41. The molecule has 0 saturated carbocycles. The summed E-state index contributed by atoms with van der Waals surface area (Å²) < 4.78 is 5.44. The third-order valence-electron chi connectivity index (χ3n) is 3.15. The normalized spacial score (nSPS) is 18.2. The number of carbonyl (C=O) groups excluding carboxylic acids is 1. The highest BCUT2D eigenvalue weighted by Gasteiger charge is 2.35. The highest BCUT2D eigenvalue weighted by Crippen LogP contribution is 2.32. The summed E-state index contributed by atoms with van der Waals surface area (Å²) in [6.45, 7) is 2.13. The van der Waals surface area contributed by atoms with Gasteiger partial charge in [-0.1, -0.05) is 18.2 Å². The number of furan rings is 1. The van der Waals surface area contributed by atoms with E-state index in [9.17, 15) is 9.90 Å². The summed E-state index contributed by atoms with van der Waals surface area (Å²) in [4.78, 5) is 13.5. The molecule has 92 valence electrons. The van der Waals surface area contributed by atoms with Crippen molar-refractivity contribution in [1.29, 1.82) is 0 Å². The lowest BCUT2D eigenvalue weighted by molar-refractivity contribution is 0.0108. The summed E-state index contributed by atoms with van der Waals surface area (Å²) in [6, 6.07) is 10.8. The smallest absolute Gasteiger partial charge is 0.257 e. The zero-order chi connectivity index (χ0) is 12.7. The molecular weight excluding hydrogens is 230 g/mol. The number of nitrogens with zero attached hydrogens (tertiary/aromatic N) is 1. The zero-order valence-electron chi connectivity index (χ0n) is 9.96. The van der Waals surface area contributed by atoms with Crippen molar-refractivity contribution in [2.24, 2.45) is 0 Å². The number of carbonyl (C=O) groups is 1. The van der Waals surface area contributed by atoms with E-state index in [-0.39, 0.29) is 12.5 Å². The topological polar surface area (TPSA) is 53.7 Å². The molecule has 0 fully saturated rings. The number of rotatable bonds is 2. The van der Waals surface area contributed by atoms with Gasteiger partial charge in [0.15, 0.2) is 6.23 Å². The summed E-state index contributed by atoms with van der Waals surface area (Å²) in [6.07, 6.45) is -0.890. The van der Waals surface area contributed by atoms with Crippen LogP contribution >= 0.6 is 0 Å². The maximum Gasteiger partial charge on any atom is 0.257 e. The van der Waals surface area contributed by atoms with Gasteiger partial charge in [0.25, 0.3) is 5.91 Å². The Morgan fingerprint density at radius 2 is 2.06 bits per heavy atom. The maximum absolute atomic E-state index is 12.1. The van der Waals surface area contributed by atoms with Crippen LogP contribution in [0.3, 0.4) is 0 Å². The molecule has 0 bridgehead atoms. The minimum atomic E-state index is -0.890. The number of aliphatic hydroxyl groups excluding tert-OH is 1. The maximum atomic E-state index is 12.1. The van der Waals surface area contributed by atoms with E-state index >= 15 is 0 Å². The molecule has 2 heterocycles. The van der Waals surface area contributed by atoms with Crippen molar-refractivity contribution < 1.29 is 14.3 Å². The quantitative estimate of drug-likeness (QED) is 0.880. The average molecular weight is 243 g/mol. The van der Waals surface area contributed by atoms with Gasteiger partial charge in [-0.05, 0) is 25.1 Å². The largest absolute Gasteiger partial charge is 0.464 e. The Hall–Kier alpha value is -2.07. The van der Waals surface area contributed by atoms with E-state index in [1.165, 1.54) is 4.90 Å². The lowest BCUT2D eigenvalue weighted by atomic mass is 10.1. The van der Waals surface area contributed by atoms with Crippen LogP contribution in [0.15, 0.2) is 40.8 Å². The Morgan fingerprint density at radius 3 is 2.72 bits per heavy atom. The minimum absolute atomic E-state index is 0.160. The van der Waals surface area contributed by atoms with E-state index in [1.807, 2.05) is 25.1 Å². The first-order chi connectivity index (χ1) is 8.66. The van der Waals surface area contributed by atoms with Crippen molar-refractivity contribution in [3.63, 3.8) is 0 Å². The summed E-state index contributed by atoms with van der Waals surface area (Å²) >= 11 is 0. The van der Waals surface area contributed by atoms with E-state index in [2.05, 4.69) is 0 Å². The van der Waals surface area contributed by atoms with Crippen LogP contribution in [0.25, 0.3) is 0 Å². The fraction of sp³-hybridized carbons (Fsp3) is 0.214. The number of hydrogen-bond donors (Lipinski definition) is 1. The fourth-order valence-electron chi connectivity index (χ4n) is 2.25. The van der Waals surface area contributed by atoms with Crippen molar-refractivity contribution in [1.82, 2.24) is 4.90 Å². The summed E-state index contributed by atoms with van der Waals surface area (Å²) in [5.41, 5.74) is 1.22. The van der Waals surface area contributed by atoms with Crippen molar-refractivity contribution in [3.05, 3.63) is 59.0 Å². The van der Waals surface area contributed by atoms with E-state index in [4.69, 9.17) is 4.42 Å². The number of aryl methyl sites for hydroxylation is 1. The van der Waals surface area contributed by atoms with Gasteiger partial charge in [0, 0.05) is 11.1 Å². The molecule has 0 radical (unpaired) electrons. The minimum Gasteiger partial charge on any atom is -0.464 e. The summed E-state index contributed by atoms with van der Waals surface area (Å²) in [5.74, 6) is 1.31. The monoisotopic (exact) mass is 243 g/mol. The third kappa shape index (κ3) is 1.62. The lowest BCUT2D eigenvalue weighted by Crippen LogP contribution is -2.27. The molecule has 18 heavy (non-hydrogen) atoms. The van der Waals surface area contributed by atoms with E-state index in [1.54, 1.807) is 18.2 Å². The standard InChI is InChI=1S/C14H13NO3/c1-9-6-7-10(18-9)8-15-13(16)11-4-2-3-5-12(11)14(15)17/h2-7,13,16H,8H2,1H3. The van der Waals surface area contributed by atoms with Gasteiger partial charge >= 0.3 is 0 Å². The molecule has 3 rings (SSSR count). The molecule has 0 spiro atoms. The Bertz CT molecular complexity index is 603. The van der Waals surface area contributed by atoms with Crippen LogP contribution in [-0.4, -0.2) is 15.9 Å². The van der Waals surface area contributed by atoms with Crippen molar-refractivity contribution in [2.45, 2.75) is 19.7 Å². The SMILES string of the molecule is Cc1ccc(CN2C(=O)c3ccccc3C2O)o1. The molecule has 0 saturated heterocycles. The van der Waals surface area contributed by atoms with Crippen LogP contribution in [0.1, 0.15) is 33.7 Å². The zero-order valence-corrected chi connectivity index (χ0v) is 9.96. The van der Waals surface area contributed by atoms with Gasteiger partial charge in [-0.2, -0.15) is 0 Å². The molecule has 4 nitrogen and oxygen atoms in total. The van der Waals surface area contributed by atoms with Crippen LogP contribution in [0.5, 0.6) is 0 Å². The number of aliphatic hydroxyl groups is 1. The lowest BCUT2D eigenvalue weighted by Gasteiger charge is -2.19. The molecule has 0 aliphatic carbocycles. The molecule has 1 unspecified atom stereocenters. The molecule has 1 atom stereocenters. The van der Waals surface area contributed by atoms with Gasteiger partial charge in [-0.15, -0.1) is 0 Å². The first-order valence-electron chi connectivity index (χ1n) is 5.80. The van der Waals surface area contributed by atoms with Crippen molar-refractivity contribution in [3.8, 4) is 0 Å². The van der Waals surface area contributed by atoms with Gasteiger partial charge < -0.3 is 14.4 Å². The Morgan fingerprint density at radius 1 is 1.28 bits per heavy atom. The van der Waals surface area contributed by atoms with Gasteiger partial charge in [-0.25, -0.2) is 0 Å². The van der Waals surface area contributed by atoms with E-state index in [0.29, 0.717) is 16.9 Å². The predicted molar refractivity (Wildman–Crippen MR) is 64.7 cm³/mol. The Labute approximate surface area is 104 Å². The summed E-state index contributed by atoms with van der Waals surface area (Å²) in [5, 5.41) is 10.1. The van der Waals surface area contributed by atoms with Gasteiger partial charge in [0.1, 0.15) is 11.5 Å². The molecule has 4 heteroatoms. The number of benzene rings is 1. The van der Waals surface area contributed by atoms with Crippen LogP contribution in [0.2, 0.25) is 0 Å². The van der Waals surface area contributed by atoms with Crippen molar-refractivity contribution >= 4 is 5.91 Å². The molecule has 1 aliphatic heterocycles. The molecule has 1 aromatic heterocycles. The average Bonchev–Trinajstić information content (AvgIpc) is 2.88. The van der Waals surface area contributed by atoms with Crippen LogP contribution in [0.4, 0.5) is 0 Å². The second kappa shape index (κ2) is 3.99. The molecule has 1 aliphatic rings.